The van der Waals surface area contributed by atoms with Crippen molar-refractivity contribution in [3.05, 3.63) is 65.1 Å². The predicted octanol–water partition coefficient (Wildman–Crippen LogP) is 1.76. The summed E-state index contributed by atoms with van der Waals surface area (Å²) >= 11 is 0. The van der Waals surface area contributed by atoms with Crippen LogP contribution in [0.5, 0.6) is 5.75 Å². The summed E-state index contributed by atoms with van der Waals surface area (Å²) < 4.78 is 6.84. The summed E-state index contributed by atoms with van der Waals surface area (Å²) in [6.07, 6.45) is 2.99. The highest BCUT2D eigenvalue weighted by Gasteiger charge is 2.22. The molecule has 0 radical (unpaired) electrons. The molecule has 0 aliphatic carbocycles. The first-order valence-corrected chi connectivity index (χ1v) is 10.6. The van der Waals surface area contributed by atoms with E-state index in [2.05, 4.69) is 19.9 Å². The minimum Gasteiger partial charge on any atom is -0.494 e. The molecule has 0 bridgehead atoms. The number of amides is 1. The molecule has 0 unspecified atom stereocenters. The highest BCUT2D eigenvalue weighted by Crippen LogP contribution is 2.24. The number of aromatic nitrogens is 4. The van der Waals surface area contributed by atoms with Gasteiger partial charge in [-0.15, -0.1) is 0 Å². The number of aryl methyl sites for hydroxylation is 1. The summed E-state index contributed by atoms with van der Waals surface area (Å²) in [4.78, 5) is 41.5. The van der Waals surface area contributed by atoms with Crippen LogP contribution in [0.15, 0.2) is 53.8 Å². The monoisotopic (exact) mass is 434 g/mol. The van der Waals surface area contributed by atoms with Crippen molar-refractivity contribution in [3.63, 3.8) is 0 Å². The van der Waals surface area contributed by atoms with Crippen molar-refractivity contribution >= 4 is 11.7 Å². The summed E-state index contributed by atoms with van der Waals surface area (Å²) in [5.41, 5.74) is 2.25. The lowest BCUT2D eigenvalue weighted by atomic mass is 10.1. The SMILES string of the molecule is CCOc1ccc(-c2cc(N3CCN(C(=O)Cn4cnc(C)cc4=O)CC3)ncn2)cc1. The van der Waals surface area contributed by atoms with Crippen molar-refractivity contribution in [2.45, 2.75) is 20.4 Å². The molecule has 1 saturated heterocycles. The molecule has 0 spiro atoms. The Hall–Kier alpha value is -3.75. The number of carbonyl (C=O) groups excluding carboxylic acids is 1. The fourth-order valence-corrected chi connectivity index (χ4v) is 3.63. The van der Waals surface area contributed by atoms with Crippen LogP contribution in [0.4, 0.5) is 5.82 Å². The molecule has 1 aliphatic heterocycles. The van der Waals surface area contributed by atoms with Gasteiger partial charge in [0.2, 0.25) is 5.91 Å². The standard InChI is InChI=1S/C23H26N6O3/c1-3-32-19-6-4-18(5-7-19)20-13-21(25-15-24-20)27-8-10-28(11-9-27)23(31)14-29-16-26-17(2)12-22(29)30/h4-7,12-13,15-16H,3,8-11,14H2,1-2H3. The van der Waals surface area contributed by atoms with E-state index < -0.39 is 0 Å². The maximum atomic E-state index is 12.6. The van der Waals surface area contributed by atoms with E-state index >= 15 is 0 Å². The molecule has 166 valence electrons. The van der Waals surface area contributed by atoms with E-state index in [1.54, 1.807) is 18.2 Å². The lowest BCUT2D eigenvalue weighted by Gasteiger charge is -2.35. The normalized spacial score (nSPS) is 13.8. The zero-order valence-corrected chi connectivity index (χ0v) is 18.3. The molecule has 1 amide bonds. The van der Waals surface area contributed by atoms with E-state index in [0.29, 0.717) is 38.5 Å². The van der Waals surface area contributed by atoms with E-state index in [1.807, 2.05) is 37.3 Å². The van der Waals surface area contributed by atoms with E-state index in [0.717, 1.165) is 22.8 Å². The van der Waals surface area contributed by atoms with Crippen molar-refractivity contribution in [2.24, 2.45) is 0 Å². The summed E-state index contributed by atoms with van der Waals surface area (Å²) in [6.45, 7) is 6.79. The minimum absolute atomic E-state index is 0.00150. The topological polar surface area (TPSA) is 93.5 Å². The van der Waals surface area contributed by atoms with Crippen molar-refractivity contribution in [2.75, 3.05) is 37.7 Å². The summed E-state index contributed by atoms with van der Waals surface area (Å²) in [5.74, 6) is 1.57. The van der Waals surface area contributed by atoms with E-state index in [4.69, 9.17) is 4.74 Å². The smallest absolute Gasteiger partial charge is 0.253 e. The Balaban J connectivity index is 1.38. The Kier molecular flexibility index (Phi) is 6.44. The van der Waals surface area contributed by atoms with Gasteiger partial charge in [-0.05, 0) is 38.1 Å². The van der Waals surface area contributed by atoms with Gasteiger partial charge in [-0.25, -0.2) is 15.0 Å². The molecule has 0 saturated carbocycles. The number of rotatable bonds is 6. The highest BCUT2D eigenvalue weighted by atomic mass is 16.5. The maximum absolute atomic E-state index is 12.6. The molecule has 1 aliphatic rings. The number of anilines is 1. The minimum atomic E-state index is -0.215. The molecule has 2 aromatic heterocycles. The quantitative estimate of drug-likeness (QED) is 0.584. The molecule has 0 N–H and O–H groups in total. The summed E-state index contributed by atoms with van der Waals surface area (Å²) in [7, 11) is 0. The molecule has 4 rings (SSSR count). The Labute approximate surface area is 186 Å². The van der Waals surface area contributed by atoms with Gasteiger partial charge < -0.3 is 14.5 Å². The Bertz CT molecular complexity index is 1140. The van der Waals surface area contributed by atoms with Gasteiger partial charge in [0.25, 0.3) is 5.56 Å². The predicted molar refractivity (Wildman–Crippen MR) is 121 cm³/mol. The number of ether oxygens (including phenoxy) is 1. The molecule has 3 heterocycles. The van der Waals surface area contributed by atoms with Crippen LogP contribution in [-0.4, -0.2) is 63.1 Å². The lowest BCUT2D eigenvalue weighted by Crippen LogP contribution is -2.50. The van der Waals surface area contributed by atoms with Gasteiger partial charge >= 0.3 is 0 Å². The highest BCUT2D eigenvalue weighted by molar-refractivity contribution is 5.76. The fourth-order valence-electron chi connectivity index (χ4n) is 3.63. The average molecular weight is 435 g/mol. The average Bonchev–Trinajstić information content (AvgIpc) is 2.82. The molecule has 0 atom stereocenters. The number of nitrogens with zero attached hydrogens (tertiary/aromatic N) is 6. The molecule has 3 aromatic rings. The van der Waals surface area contributed by atoms with Crippen LogP contribution in [-0.2, 0) is 11.3 Å². The van der Waals surface area contributed by atoms with Gasteiger partial charge in [-0.2, -0.15) is 0 Å². The number of benzene rings is 1. The lowest BCUT2D eigenvalue weighted by molar-refractivity contribution is -0.132. The van der Waals surface area contributed by atoms with Crippen molar-refractivity contribution in [3.8, 4) is 17.0 Å². The van der Waals surface area contributed by atoms with Crippen LogP contribution in [0, 0.1) is 6.92 Å². The van der Waals surface area contributed by atoms with Gasteiger partial charge in [0.1, 0.15) is 24.4 Å². The van der Waals surface area contributed by atoms with E-state index in [-0.39, 0.29) is 18.0 Å². The third-order valence-electron chi connectivity index (χ3n) is 5.39. The second kappa shape index (κ2) is 9.59. The van der Waals surface area contributed by atoms with E-state index in [9.17, 15) is 9.59 Å². The van der Waals surface area contributed by atoms with Crippen LogP contribution < -0.4 is 15.2 Å². The van der Waals surface area contributed by atoms with Crippen LogP contribution >= 0.6 is 0 Å². The van der Waals surface area contributed by atoms with E-state index in [1.165, 1.54) is 17.0 Å². The van der Waals surface area contributed by atoms with Crippen LogP contribution in [0.25, 0.3) is 11.3 Å². The largest absolute Gasteiger partial charge is 0.494 e. The molecule has 9 heteroatoms. The first kappa shape index (κ1) is 21.5. The molecule has 1 fully saturated rings. The summed E-state index contributed by atoms with van der Waals surface area (Å²) in [5, 5.41) is 0. The third kappa shape index (κ3) is 4.93. The van der Waals surface area contributed by atoms with Crippen molar-refractivity contribution in [1.82, 2.24) is 24.4 Å². The Morgan fingerprint density at radius 2 is 1.78 bits per heavy atom. The number of piperazine rings is 1. The van der Waals surface area contributed by atoms with Gasteiger partial charge in [-0.1, -0.05) is 0 Å². The second-order valence-electron chi connectivity index (χ2n) is 7.58. The van der Waals surface area contributed by atoms with Crippen LogP contribution in [0.1, 0.15) is 12.6 Å². The van der Waals surface area contributed by atoms with Crippen LogP contribution in [0.2, 0.25) is 0 Å². The van der Waals surface area contributed by atoms with Gasteiger partial charge in [0.05, 0.1) is 18.6 Å². The first-order valence-electron chi connectivity index (χ1n) is 10.6. The molecule has 32 heavy (non-hydrogen) atoms. The van der Waals surface area contributed by atoms with Gasteiger partial charge in [0.15, 0.2) is 0 Å². The number of hydrogen-bond donors (Lipinski definition) is 0. The first-order chi connectivity index (χ1) is 15.5. The molecular formula is C23H26N6O3. The fraction of sp³-hybridized carbons (Fsp3) is 0.348. The zero-order chi connectivity index (χ0) is 22.5. The van der Waals surface area contributed by atoms with Crippen molar-refractivity contribution in [1.29, 1.82) is 0 Å². The Morgan fingerprint density at radius 1 is 1.03 bits per heavy atom. The Morgan fingerprint density at radius 3 is 2.47 bits per heavy atom. The van der Waals surface area contributed by atoms with Gasteiger partial charge in [-0.3, -0.25) is 14.2 Å². The second-order valence-corrected chi connectivity index (χ2v) is 7.58. The van der Waals surface area contributed by atoms with Crippen molar-refractivity contribution < 1.29 is 9.53 Å². The molecule has 9 nitrogen and oxygen atoms in total. The van der Waals surface area contributed by atoms with Crippen LogP contribution in [0.3, 0.4) is 0 Å². The third-order valence-corrected chi connectivity index (χ3v) is 5.39. The summed E-state index contributed by atoms with van der Waals surface area (Å²) in [6, 6.07) is 11.2. The molecular weight excluding hydrogens is 408 g/mol. The molecule has 1 aromatic carbocycles. The number of hydrogen-bond acceptors (Lipinski definition) is 7. The number of carbonyl (C=O) groups is 1. The zero-order valence-electron chi connectivity index (χ0n) is 18.3. The van der Waals surface area contributed by atoms with Gasteiger partial charge in [0, 0.05) is 49.6 Å². The maximum Gasteiger partial charge on any atom is 0.253 e.